The van der Waals surface area contributed by atoms with Gasteiger partial charge in [0, 0.05) is 6.20 Å². The number of hydrogen-bond donors (Lipinski definition) is 0. The molecule has 1 aliphatic rings. The summed E-state index contributed by atoms with van der Waals surface area (Å²) in [4.78, 5) is 30.9. The maximum absolute atomic E-state index is 13.5. The highest BCUT2D eigenvalue weighted by Gasteiger charge is 2.20. The van der Waals surface area contributed by atoms with E-state index in [9.17, 15) is 9.59 Å². The average Bonchev–Trinajstić information content (AvgIpc) is 3.25. The van der Waals surface area contributed by atoms with Crippen molar-refractivity contribution in [2.24, 2.45) is 0 Å². The van der Waals surface area contributed by atoms with Gasteiger partial charge in [0.15, 0.2) is 17.0 Å². The Balaban J connectivity index is 1.69. The van der Waals surface area contributed by atoms with E-state index in [1.54, 1.807) is 35.0 Å². The van der Waals surface area contributed by atoms with Crippen molar-refractivity contribution in [1.29, 1.82) is 0 Å². The monoisotopic (exact) mass is 401 g/mol. The van der Waals surface area contributed by atoms with Gasteiger partial charge >= 0.3 is 5.69 Å². The quantitative estimate of drug-likeness (QED) is 0.526. The molecule has 1 atom stereocenters. The predicted octanol–water partition coefficient (Wildman–Crippen LogP) is 2.94. The van der Waals surface area contributed by atoms with Gasteiger partial charge in [-0.05, 0) is 42.3 Å². The van der Waals surface area contributed by atoms with Gasteiger partial charge in [0.25, 0.3) is 5.56 Å². The molecule has 3 heterocycles. The molecule has 30 heavy (non-hydrogen) atoms. The Bertz CT molecular complexity index is 1360. The van der Waals surface area contributed by atoms with Gasteiger partial charge in [0.2, 0.25) is 6.79 Å². The van der Waals surface area contributed by atoms with Crippen LogP contribution in [0, 0.1) is 0 Å². The van der Waals surface area contributed by atoms with Crippen molar-refractivity contribution in [3.05, 3.63) is 98.8 Å². The van der Waals surface area contributed by atoms with Gasteiger partial charge < -0.3 is 9.47 Å². The van der Waals surface area contributed by atoms with Crippen molar-refractivity contribution >= 4 is 11.0 Å². The number of aromatic nitrogens is 3. The van der Waals surface area contributed by atoms with E-state index < -0.39 is 5.56 Å². The van der Waals surface area contributed by atoms with Crippen LogP contribution < -0.4 is 20.7 Å². The molecule has 0 amide bonds. The topological polar surface area (TPSA) is 75.3 Å². The SMILES string of the molecule is CC(c1ccccc1)n1c(=O)n(Cc2ccc3c(c2)OCO3)c(=O)c2ncccc21. The Morgan fingerprint density at radius 1 is 1.00 bits per heavy atom. The van der Waals surface area contributed by atoms with Crippen LogP contribution >= 0.6 is 0 Å². The number of benzene rings is 2. The highest BCUT2D eigenvalue weighted by Crippen LogP contribution is 2.32. The first-order valence-electron chi connectivity index (χ1n) is 9.67. The lowest BCUT2D eigenvalue weighted by atomic mass is 10.1. The third-order valence-electron chi connectivity index (χ3n) is 5.38. The van der Waals surface area contributed by atoms with Crippen LogP contribution in [-0.2, 0) is 6.54 Å². The van der Waals surface area contributed by atoms with E-state index in [1.807, 2.05) is 43.3 Å². The Kier molecular flexibility index (Phi) is 4.35. The zero-order chi connectivity index (χ0) is 20.7. The summed E-state index contributed by atoms with van der Waals surface area (Å²) in [6, 6.07) is 18.3. The summed E-state index contributed by atoms with van der Waals surface area (Å²) in [5.41, 5.74) is 1.73. The van der Waals surface area contributed by atoms with E-state index in [-0.39, 0.29) is 30.6 Å². The lowest BCUT2D eigenvalue weighted by Gasteiger charge is -2.20. The highest BCUT2D eigenvalue weighted by molar-refractivity contribution is 5.73. The molecular weight excluding hydrogens is 382 g/mol. The van der Waals surface area contributed by atoms with Gasteiger partial charge in [0.1, 0.15) is 0 Å². The summed E-state index contributed by atoms with van der Waals surface area (Å²) in [7, 11) is 0. The average molecular weight is 401 g/mol. The van der Waals surface area contributed by atoms with Crippen molar-refractivity contribution in [3.8, 4) is 11.5 Å². The fourth-order valence-electron chi connectivity index (χ4n) is 3.82. The molecule has 0 aliphatic carbocycles. The van der Waals surface area contributed by atoms with Crippen molar-refractivity contribution in [2.75, 3.05) is 6.79 Å². The van der Waals surface area contributed by atoms with Gasteiger partial charge in [0.05, 0.1) is 18.1 Å². The van der Waals surface area contributed by atoms with E-state index in [2.05, 4.69) is 4.98 Å². The van der Waals surface area contributed by atoms with E-state index in [0.29, 0.717) is 17.0 Å². The molecule has 5 rings (SSSR count). The van der Waals surface area contributed by atoms with Gasteiger partial charge in [-0.2, -0.15) is 0 Å². The predicted molar refractivity (Wildman–Crippen MR) is 112 cm³/mol. The fraction of sp³-hybridized carbons (Fsp3) is 0.174. The van der Waals surface area contributed by atoms with Crippen LogP contribution in [0.25, 0.3) is 11.0 Å². The second kappa shape index (κ2) is 7.18. The third kappa shape index (κ3) is 2.95. The summed E-state index contributed by atoms with van der Waals surface area (Å²) in [6.45, 7) is 2.22. The van der Waals surface area contributed by atoms with E-state index in [1.165, 1.54) is 4.57 Å². The van der Waals surface area contributed by atoms with Crippen molar-refractivity contribution < 1.29 is 9.47 Å². The van der Waals surface area contributed by atoms with Gasteiger partial charge in [-0.1, -0.05) is 36.4 Å². The smallest absolute Gasteiger partial charge is 0.332 e. The molecule has 0 spiro atoms. The Labute approximate surface area is 171 Å². The summed E-state index contributed by atoms with van der Waals surface area (Å²) in [5.74, 6) is 1.26. The van der Waals surface area contributed by atoms with Gasteiger partial charge in [-0.25, -0.2) is 9.78 Å². The number of hydrogen-bond acceptors (Lipinski definition) is 5. The van der Waals surface area contributed by atoms with Gasteiger partial charge in [-0.15, -0.1) is 0 Å². The number of pyridine rings is 1. The fourth-order valence-corrected chi connectivity index (χ4v) is 3.82. The molecule has 4 aromatic rings. The molecule has 0 fully saturated rings. The molecule has 1 aliphatic heterocycles. The molecule has 2 aromatic heterocycles. The lowest BCUT2D eigenvalue weighted by Crippen LogP contribution is -2.41. The largest absolute Gasteiger partial charge is 0.454 e. The molecule has 0 radical (unpaired) electrons. The molecule has 150 valence electrons. The van der Waals surface area contributed by atoms with Crippen LogP contribution in [0.1, 0.15) is 24.1 Å². The summed E-state index contributed by atoms with van der Waals surface area (Å²) in [6.07, 6.45) is 1.57. The standard InChI is InChI=1S/C23H19N3O4/c1-15(17-6-3-2-4-7-17)26-18-8-5-11-24-21(18)22(27)25(23(26)28)13-16-9-10-19-20(12-16)30-14-29-19/h2-12,15H,13-14H2,1H3. The zero-order valence-electron chi connectivity index (χ0n) is 16.3. The Morgan fingerprint density at radius 2 is 1.80 bits per heavy atom. The second-order valence-corrected chi connectivity index (χ2v) is 7.19. The molecule has 7 heteroatoms. The minimum Gasteiger partial charge on any atom is -0.454 e. The minimum absolute atomic E-state index is 0.113. The van der Waals surface area contributed by atoms with Crippen LogP contribution in [0.3, 0.4) is 0 Å². The number of fused-ring (bicyclic) bond motifs is 2. The van der Waals surface area contributed by atoms with Crippen molar-refractivity contribution in [2.45, 2.75) is 19.5 Å². The Morgan fingerprint density at radius 3 is 2.63 bits per heavy atom. The normalized spacial score (nSPS) is 13.5. The molecule has 0 saturated carbocycles. The van der Waals surface area contributed by atoms with E-state index in [4.69, 9.17) is 9.47 Å². The number of nitrogens with zero attached hydrogens (tertiary/aromatic N) is 3. The van der Waals surface area contributed by atoms with E-state index in [0.717, 1.165) is 11.1 Å². The number of ether oxygens (including phenoxy) is 2. The Hall–Kier alpha value is -3.87. The highest BCUT2D eigenvalue weighted by atomic mass is 16.7. The molecular formula is C23H19N3O4. The summed E-state index contributed by atoms with van der Waals surface area (Å²) < 4.78 is 13.6. The zero-order valence-corrected chi connectivity index (χ0v) is 16.3. The lowest BCUT2D eigenvalue weighted by molar-refractivity contribution is 0.174. The maximum atomic E-state index is 13.5. The summed E-state index contributed by atoms with van der Waals surface area (Å²) >= 11 is 0. The molecule has 0 N–H and O–H groups in total. The minimum atomic E-state index is -0.412. The molecule has 0 bridgehead atoms. The van der Waals surface area contributed by atoms with Crippen LogP contribution in [0.5, 0.6) is 11.5 Å². The maximum Gasteiger partial charge on any atom is 0.332 e. The molecule has 1 unspecified atom stereocenters. The first kappa shape index (κ1) is 18.2. The number of rotatable bonds is 4. The van der Waals surface area contributed by atoms with Crippen LogP contribution in [0.4, 0.5) is 0 Å². The third-order valence-corrected chi connectivity index (χ3v) is 5.38. The van der Waals surface area contributed by atoms with Crippen LogP contribution in [0.2, 0.25) is 0 Å². The van der Waals surface area contributed by atoms with E-state index >= 15 is 0 Å². The first-order valence-corrected chi connectivity index (χ1v) is 9.67. The summed E-state index contributed by atoms with van der Waals surface area (Å²) in [5, 5.41) is 0. The van der Waals surface area contributed by atoms with Crippen molar-refractivity contribution in [3.63, 3.8) is 0 Å². The van der Waals surface area contributed by atoms with Crippen molar-refractivity contribution in [1.82, 2.24) is 14.1 Å². The van der Waals surface area contributed by atoms with Crippen LogP contribution in [-0.4, -0.2) is 20.9 Å². The first-order chi connectivity index (χ1) is 14.6. The second-order valence-electron chi connectivity index (χ2n) is 7.19. The van der Waals surface area contributed by atoms with Crippen LogP contribution in [0.15, 0.2) is 76.4 Å². The molecule has 7 nitrogen and oxygen atoms in total. The molecule has 0 saturated heterocycles. The molecule has 2 aromatic carbocycles. The van der Waals surface area contributed by atoms with Gasteiger partial charge in [-0.3, -0.25) is 13.9 Å².